The van der Waals surface area contributed by atoms with Crippen molar-refractivity contribution >= 4 is 10.0 Å². The van der Waals surface area contributed by atoms with Gasteiger partial charge in [-0.3, -0.25) is 4.68 Å². The van der Waals surface area contributed by atoms with E-state index in [0.29, 0.717) is 13.1 Å². The lowest BCUT2D eigenvalue weighted by molar-refractivity contribution is 0.306. The molecule has 114 valence electrons. The van der Waals surface area contributed by atoms with Crippen molar-refractivity contribution < 1.29 is 8.42 Å². The molecule has 8 nitrogen and oxygen atoms in total. The second-order valence-electron chi connectivity index (χ2n) is 5.35. The van der Waals surface area contributed by atoms with E-state index in [-0.39, 0.29) is 10.8 Å². The van der Waals surface area contributed by atoms with Crippen LogP contribution in [0.3, 0.4) is 0 Å². The first-order valence-electron chi connectivity index (χ1n) is 6.81. The Kier molecular flexibility index (Phi) is 3.54. The van der Waals surface area contributed by atoms with Crippen LogP contribution in [0.15, 0.2) is 23.6 Å². The van der Waals surface area contributed by atoms with Gasteiger partial charge in [-0.25, -0.2) is 8.42 Å². The Morgan fingerprint density at radius 2 is 2.14 bits per heavy atom. The van der Waals surface area contributed by atoms with E-state index in [9.17, 15) is 8.42 Å². The second kappa shape index (κ2) is 5.23. The lowest BCUT2D eigenvalue weighted by Crippen LogP contribution is -2.39. The van der Waals surface area contributed by atoms with Crippen LogP contribution in [-0.4, -0.2) is 50.4 Å². The third-order valence-electron chi connectivity index (χ3n) is 3.81. The van der Waals surface area contributed by atoms with Crippen LogP contribution >= 0.6 is 0 Å². The first-order valence-corrected chi connectivity index (χ1v) is 8.25. The van der Waals surface area contributed by atoms with Gasteiger partial charge in [0.15, 0.2) is 0 Å². The monoisotopic (exact) mass is 310 g/mol. The molecule has 9 heteroatoms. The molecule has 1 saturated heterocycles. The van der Waals surface area contributed by atoms with E-state index in [0.717, 1.165) is 18.7 Å². The molecule has 2 aromatic heterocycles. The van der Waals surface area contributed by atoms with Gasteiger partial charge in [0.25, 0.3) is 0 Å². The maximum absolute atomic E-state index is 12.6. The van der Waals surface area contributed by atoms with Crippen LogP contribution in [0, 0.1) is 0 Å². The van der Waals surface area contributed by atoms with Gasteiger partial charge >= 0.3 is 0 Å². The molecule has 0 spiro atoms. The molecule has 3 rings (SSSR count). The van der Waals surface area contributed by atoms with Crippen molar-refractivity contribution in [2.75, 3.05) is 13.1 Å². The van der Waals surface area contributed by atoms with Crippen LogP contribution in [-0.2, 0) is 24.1 Å². The van der Waals surface area contributed by atoms with Gasteiger partial charge < -0.3 is 4.57 Å². The molecule has 0 radical (unpaired) electrons. The maximum Gasteiger partial charge on any atom is 0.246 e. The maximum atomic E-state index is 12.6. The molecule has 0 amide bonds. The summed E-state index contributed by atoms with van der Waals surface area (Å²) in [7, 11) is 0.0993. The van der Waals surface area contributed by atoms with Gasteiger partial charge in [-0.15, -0.1) is 10.2 Å². The summed E-state index contributed by atoms with van der Waals surface area (Å²) in [4.78, 5) is 0.239. The Labute approximate surface area is 123 Å². The molecule has 21 heavy (non-hydrogen) atoms. The molecule has 0 aromatic carbocycles. The number of hydrogen-bond acceptors (Lipinski definition) is 5. The van der Waals surface area contributed by atoms with Gasteiger partial charge in [0.1, 0.15) is 17.0 Å². The molecule has 0 aliphatic carbocycles. The van der Waals surface area contributed by atoms with Gasteiger partial charge in [0.05, 0.1) is 6.20 Å². The summed E-state index contributed by atoms with van der Waals surface area (Å²) in [6.45, 7) is 0.968. The molecule has 0 N–H and O–H groups in total. The third-order valence-corrected chi connectivity index (χ3v) is 5.63. The Bertz CT molecular complexity index is 735. The Morgan fingerprint density at radius 3 is 2.76 bits per heavy atom. The molecule has 1 atom stereocenters. The molecule has 2 aromatic rings. The summed E-state index contributed by atoms with van der Waals surface area (Å²) in [5, 5.41) is 11.9. The van der Waals surface area contributed by atoms with E-state index in [2.05, 4.69) is 15.3 Å². The Balaban J connectivity index is 1.85. The topological polar surface area (TPSA) is 85.9 Å². The van der Waals surface area contributed by atoms with E-state index >= 15 is 0 Å². The van der Waals surface area contributed by atoms with E-state index in [1.807, 2.05) is 11.6 Å². The fourth-order valence-electron chi connectivity index (χ4n) is 2.71. The summed E-state index contributed by atoms with van der Waals surface area (Å²) in [6, 6.07) is 0. The highest BCUT2D eigenvalue weighted by Gasteiger charge is 2.33. The first-order chi connectivity index (χ1) is 9.98. The van der Waals surface area contributed by atoms with Gasteiger partial charge in [-0.2, -0.15) is 9.40 Å². The number of piperidine rings is 1. The smallest absolute Gasteiger partial charge is 0.246 e. The zero-order chi connectivity index (χ0) is 15.0. The second-order valence-corrected chi connectivity index (χ2v) is 7.29. The highest BCUT2D eigenvalue weighted by Crippen LogP contribution is 2.28. The zero-order valence-corrected chi connectivity index (χ0v) is 12.9. The molecule has 0 bridgehead atoms. The molecular formula is C12H18N6O2S. The molecule has 3 heterocycles. The third kappa shape index (κ3) is 2.58. The van der Waals surface area contributed by atoms with Gasteiger partial charge in [0.2, 0.25) is 10.0 Å². The van der Waals surface area contributed by atoms with Crippen molar-refractivity contribution in [2.24, 2.45) is 14.1 Å². The van der Waals surface area contributed by atoms with Crippen LogP contribution in [0.25, 0.3) is 0 Å². The minimum Gasteiger partial charge on any atom is -0.320 e. The summed E-state index contributed by atoms with van der Waals surface area (Å²) in [6.07, 6.45) is 6.30. The number of hydrogen-bond donors (Lipinski definition) is 0. The highest BCUT2D eigenvalue weighted by atomic mass is 32.2. The van der Waals surface area contributed by atoms with Crippen molar-refractivity contribution in [1.29, 1.82) is 0 Å². The van der Waals surface area contributed by atoms with Crippen LogP contribution in [0.2, 0.25) is 0 Å². The van der Waals surface area contributed by atoms with Crippen LogP contribution in [0.1, 0.15) is 24.6 Å². The molecular weight excluding hydrogens is 292 g/mol. The van der Waals surface area contributed by atoms with Crippen LogP contribution < -0.4 is 0 Å². The fraction of sp³-hybridized carbons (Fsp3) is 0.583. The lowest BCUT2D eigenvalue weighted by Gasteiger charge is -2.30. The lowest BCUT2D eigenvalue weighted by atomic mass is 9.99. The number of sulfonamides is 1. The van der Waals surface area contributed by atoms with E-state index in [1.165, 1.54) is 21.4 Å². The first kappa shape index (κ1) is 14.2. The number of aryl methyl sites for hydroxylation is 2. The van der Waals surface area contributed by atoms with Gasteiger partial charge in [-0.1, -0.05) is 0 Å². The Hall–Kier alpha value is -1.74. The minimum atomic E-state index is -3.49. The van der Waals surface area contributed by atoms with Crippen molar-refractivity contribution in [3.8, 4) is 0 Å². The van der Waals surface area contributed by atoms with E-state index in [1.54, 1.807) is 13.4 Å². The summed E-state index contributed by atoms with van der Waals surface area (Å²) < 4.78 is 30.1. The SMILES string of the molecule is Cn1cc(S(=O)(=O)N2CCCC(c3nncn3C)C2)cn1. The molecule has 1 aliphatic rings. The van der Waals surface area contributed by atoms with E-state index in [4.69, 9.17) is 0 Å². The number of aromatic nitrogens is 5. The minimum absolute atomic E-state index is 0.0812. The predicted octanol–water partition coefficient (Wildman–Crippen LogP) is 0.117. The zero-order valence-electron chi connectivity index (χ0n) is 12.0. The summed E-state index contributed by atoms with van der Waals surface area (Å²) >= 11 is 0. The van der Waals surface area contributed by atoms with Gasteiger partial charge in [-0.05, 0) is 12.8 Å². The summed E-state index contributed by atoms with van der Waals surface area (Å²) in [5.41, 5.74) is 0. The standard InChI is InChI=1S/C12H18N6O2S/c1-16-9-13-15-12(16)10-4-3-5-18(7-10)21(19,20)11-6-14-17(2)8-11/h6,8-10H,3-5,7H2,1-2H3. The number of nitrogens with zero attached hydrogens (tertiary/aromatic N) is 6. The van der Waals surface area contributed by atoms with Crippen molar-refractivity contribution in [1.82, 2.24) is 28.9 Å². The van der Waals surface area contributed by atoms with E-state index < -0.39 is 10.0 Å². The van der Waals surface area contributed by atoms with Crippen LogP contribution in [0.4, 0.5) is 0 Å². The molecule has 0 saturated carbocycles. The predicted molar refractivity (Wildman–Crippen MR) is 74.9 cm³/mol. The van der Waals surface area contributed by atoms with Crippen LogP contribution in [0.5, 0.6) is 0 Å². The summed E-state index contributed by atoms with van der Waals surface area (Å²) in [5.74, 6) is 0.916. The normalized spacial score (nSPS) is 20.8. The quantitative estimate of drug-likeness (QED) is 0.803. The molecule has 1 fully saturated rings. The van der Waals surface area contributed by atoms with Gasteiger partial charge in [0, 0.05) is 39.3 Å². The molecule has 1 aliphatic heterocycles. The number of rotatable bonds is 3. The largest absolute Gasteiger partial charge is 0.320 e. The Morgan fingerprint density at radius 1 is 1.33 bits per heavy atom. The van der Waals surface area contributed by atoms with Crippen molar-refractivity contribution in [3.05, 3.63) is 24.5 Å². The average Bonchev–Trinajstić information content (AvgIpc) is 3.08. The average molecular weight is 310 g/mol. The fourth-order valence-corrected chi connectivity index (χ4v) is 4.22. The van der Waals surface area contributed by atoms with Crippen molar-refractivity contribution in [2.45, 2.75) is 23.7 Å². The highest BCUT2D eigenvalue weighted by molar-refractivity contribution is 7.89. The molecule has 1 unspecified atom stereocenters. The van der Waals surface area contributed by atoms with Crippen molar-refractivity contribution in [3.63, 3.8) is 0 Å².